The van der Waals surface area contributed by atoms with Gasteiger partial charge in [-0.2, -0.15) is 4.31 Å². The number of sulfonamides is 1. The summed E-state index contributed by atoms with van der Waals surface area (Å²) >= 11 is 6.26. The van der Waals surface area contributed by atoms with Crippen molar-refractivity contribution < 1.29 is 22.7 Å². The summed E-state index contributed by atoms with van der Waals surface area (Å²) in [5.41, 5.74) is 4.36. The van der Waals surface area contributed by atoms with Gasteiger partial charge in [0.1, 0.15) is 4.90 Å². The molecule has 1 aliphatic heterocycles. The van der Waals surface area contributed by atoms with E-state index in [0.717, 1.165) is 36.0 Å². The zero-order valence-corrected chi connectivity index (χ0v) is 21.7. The van der Waals surface area contributed by atoms with E-state index in [1.165, 1.54) is 28.1 Å². The Hall–Kier alpha value is -3.20. The van der Waals surface area contributed by atoms with Crippen LogP contribution < -0.4 is 5.32 Å². The first-order chi connectivity index (χ1) is 17.8. The third-order valence-electron chi connectivity index (χ3n) is 6.92. The Morgan fingerprint density at radius 1 is 0.973 bits per heavy atom. The van der Waals surface area contributed by atoms with Crippen molar-refractivity contribution in [3.63, 3.8) is 0 Å². The summed E-state index contributed by atoms with van der Waals surface area (Å²) in [4.78, 5) is 25.1. The second-order valence-electron chi connectivity index (χ2n) is 9.29. The lowest BCUT2D eigenvalue weighted by Crippen LogP contribution is -2.36. The molecular formula is C28H27ClN2O5S. The van der Waals surface area contributed by atoms with Crippen molar-refractivity contribution in [3.05, 3.63) is 99.6 Å². The fourth-order valence-corrected chi connectivity index (χ4v) is 6.92. The van der Waals surface area contributed by atoms with E-state index in [2.05, 4.69) is 11.4 Å². The number of esters is 1. The largest absolute Gasteiger partial charge is 0.452 e. The van der Waals surface area contributed by atoms with Crippen molar-refractivity contribution in [1.82, 2.24) is 9.62 Å². The van der Waals surface area contributed by atoms with Crippen LogP contribution in [0.4, 0.5) is 0 Å². The Bertz CT molecular complexity index is 1460. The number of rotatable bonds is 6. The number of ether oxygens (including phenoxy) is 1. The molecule has 1 unspecified atom stereocenters. The average Bonchev–Trinajstić information content (AvgIpc) is 2.92. The number of nitrogens with one attached hydrogen (secondary N) is 1. The van der Waals surface area contributed by atoms with Gasteiger partial charge in [-0.05, 0) is 66.1 Å². The predicted molar refractivity (Wildman–Crippen MR) is 140 cm³/mol. The summed E-state index contributed by atoms with van der Waals surface area (Å²) in [5.74, 6) is -1.21. The van der Waals surface area contributed by atoms with Crippen LogP contribution in [0, 0.1) is 0 Å². The lowest BCUT2D eigenvalue weighted by atomic mass is 9.88. The minimum absolute atomic E-state index is 0.0104. The number of hydrogen-bond acceptors (Lipinski definition) is 5. The van der Waals surface area contributed by atoms with Crippen molar-refractivity contribution in [2.24, 2.45) is 0 Å². The van der Waals surface area contributed by atoms with Crippen molar-refractivity contribution in [1.29, 1.82) is 0 Å². The molecule has 0 bridgehead atoms. The minimum Gasteiger partial charge on any atom is -0.452 e. The SMILES string of the molecule is O=C(COC(=O)c1ccc(Cl)c(S(=O)(=O)N2CCc3ccccc3C2)c1)NC1CCCc2ccccc21. The summed E-state index contributed by atoms with van der Waals surface area (Å²) in [6.07, 6.45) is 3.35. The van der Waals surface area contributed by atoms with Gasteiger partial charge >= 0.3 is 5.97 Å². The Morgan fingerprint density at radius 2 is 1.70 bits per heavy atom. The van der Waals surface area contributed by atoms with E-state index in [1.54, 1.807) is 0 Å². The molecule has 9 heteroatoms. The number of amides is 1. The Balaban J connectivity index is 1.25. The zero-order chi connectivity index (χ0) is 26.0. The molecule has 5 rings (SSSR count). The molecule has 1 aliphatic carbocycles. The third kappa shape index (κ3) is 5.42. The van der Waals surface area contributed by atoms with E-state index in [4.69, 9.17) is 16.3 Å². The van der Waals surface area contributed by atoms with Crippen molar-refractivity contribution >= 4 is 33.5 Å². The van der Waals surface area contributed by atoms with Crippen LogP contribution >= 0.6 is 11.6 Å². The number of carbonyl (C=O) groups excluding carboxylic acids is 2. The minimum atomic E-state index is -3.96. The van der Waals surface area contributed by atoms with Gasteiger partial charge in [0.05, 0.1) is 16.6 Å². The summed E-state index contributed by atoms with van der Waals surface area (Å²) in [6.45, 7) is 0.0773. The van der Waals surface area contributed by atoms with Gasteiger partial charge in [-0.3, -0.25) is 4.79 Å². The van der Waals surface area contributed by atoms with Crippen LogP contribution in [-0.2, 0) is 38.9 Å². The number of fused-ring (bicyclic) bond motifs is 2. The summed E-state index contributed by atoms with van der Waals surface area (Å²) in [6, 6.07) is 19.5. The fourth-order valence-electron chi connectivity index (χ4n) is 5.00. The number of aryl methyl sites for hydroxylation is 1. The number of nitrogens with zero attached hydrogens (tertiary/aromatic N) is 1. The van der Waals surface area contributed by atoms with Crippen LogP contribution in [0.2, 0.25) is 5.02 Å². The molecule has 1 N–H and O–H groups in total. The number of halogens is 1. The molecule has 3 aromatic carbocycles. The Kier molecular flexibility index (Phi) is 7.33. The first kappa shape index (κ1) is 25.4. The van der Waals surface area contributed by atoms with Gasteiger partial charge in [-0.25, -0.2) is 13.2 Å². The highest BCUT2D eigenvalue weighted by molar-refractivity contribution is 7.89. The van der Waals surface area contributed by atoms with E-state index in [9.17, 15) is 18.0 Å². The van der Waals surface area contributed by atoms with Crippen LogP contribution in [-0.4, -0.2) is 37.8 Å². The Morgan fingerprint density at radius 3 is 2.51 bits per heavy atom. The number of hydrogen-bond donors (Lipinski definition) is 1. The number of carbonyl (C=O) groups is 2. The second-order valence-corrected chi connectivity index (χ2v) is 11.6. The van der Waals surface area contributed by atoms with Crippen LogP contribution in [0.25, 0.3) is 0 Å². The van der Waals surface area contributed by atoms with Crippen LogP contribution in [0.3, 0.4) is 0 Å². The topological polar surface area (TPSA) is 92.8 Å². The smallest absolute Gasteiger partial charge is 0.338 e. The molecule has 0 aromatic heterocycles. The first-order valence-corrected chi connectivity index (χ1v) is 14.1. The quantitative estimate of drug-likeness (QED) is 0.468. The Labute approximate surface area is 221 Å². The van der Waals surface area contributed by atoms with E-state index in [0.29, 0.717) is 13.0 Å². The van der Waals surface area contributed by atoms with E-state index >= 15 is 0 Å². The van der Waals surface area contributed by atoms with Crippen molar-refractivity contribution in [2.75, 3.05) is 13.2 Å². The highest BCUT2D eigenvalue weighted by Gasteiger charge is 2.31. The van der Waals surface area contributed by atoms with E-state index in [1.807, 2.05) is 42.5 Å². The van der Waals surface area contributed by atoms with Crippen LogP contribution in [0.5, 0.6) is 0 Å². The van der Waals surface area contributed by atoms with Gasteiger partial charge in [-0.1, -0.05) is 60.1 Å². The average molecular weight is 539 g/mol. The van der Waals surface area contributed by atoms with Crippen LogP contribution in [0.1, 0.15) is 51.5 Å². The molecule has 1 heterocycles. The highest BCUT2D eigenvalue weighted by Crippen LogP contribution is 2.31. The maximum atomic E-state index is 13.4. The lowest BCUT2D eigenvalue weighted by Gasteiger charge is -2.28. The molecule has 2 aliphatic rings. The maximum absolute atomic E-state index is 13.4. The standard InChI is InChI=1S/C28H27ClN2O5S/c29-24-13-12-21(16-26(24)37(34,35)31-15-14-19-6-1-2-8-22(19)17-31)28(33)36-18-27(32)30-25-11-5-9-20-7-3-4-10-23(20)25/h1-4,6-8,10,12-13,16,25H,5,9,11,14-15,17-18H2,(H,30,32). The van der Waals surface area contributed by atoms with Gasteiger partial charge < -0.3 is 10.1 Å². The molecule has 3 aromatic rings. The molecule has 37 heavy (non-hydrogen) atoms. The fraction of sp³-hybridized carbons (Fsp3) is 0.286. The van der Waals surface area contributed by atoms with Gasteiger partial charge in [0.2, 0.25) is 10.0 Å². The molecule has 192 valence electrons. The summed E-state index contributed by atoms with van der Waals surface area (Å²) in [5, 5.41) is 2.96. The molecule has 7 nitrogen and oxygen atoms in total. The third-order valence-corrected chi connectivity index (χ3v) is 9.25. The molecule has 1 amide bonds. The predicted octanol–water partition coefficient (Wildman–Crippen LogP) is 4.44. The van der Waals surface area contributed by atoms with E-state index in [-0.39, 0.29) is 28.1 Å². The molecule has 1 atom stereocenters. The van der Waals surface area contributed by atoms with Gasteiger partial charge in [0, 0.05) is 13.1 Å². The van der Waals surface area contributed by atoms with E-state index < -0.39 is 28.5 Å². The molecule has 0 spiro atoms. The number of benzene rings is 3. The molecule has 0 radical (unpaired) electrons. The summed E-state index contributed by atoms with van der Waals surface area (Å²) in [7, 11) is -3.96. The zero-order valence-electron chi connectivity index (χ0n) is 20.2. The summed E-state index contributed by atoms with van der Waals surface area (Å²) < 4.78 is 33.4. The highest BCUT2D eigenvalue weighted by atomic mass is 35.5. The van der Waals surface area contributed by atoms with Crippen molar-refractivity contribution in [3.8, 4) is 0 Å². The molecule has 0 fully saturated rings. The molecule has 0 saturated heterocycles. The first-order valence-electron chi connectivity index (χ1n) is 12.2. The lowest BCUT2D eigenvalue weighted by molar-refractivity contribution is -0.125. The van der Waals surface area contributed by atoms with Crippen LogP contribution in [0.15, 0.2) is 71.6 Å². The van der Waals surface area contributed by atoms with Gasteiger partial charge in [-0.15, -0.1) is 0 Å². The van der Waals surface area contributed by atoms with Crippen molar-refractivity contribution in [2.45, 2.75) is 43.2 Å². The molecular weight excluding hydrogens is 512 g/mol. The monoisotopic (exact) mass is 538 g/mol. The van der Waals surface area contributed by atoms with Gasteiger partial charge in [0.15, 0.2) is 6.61 Å². The van der Waals surface area contributed by atoms with Gasteiger partial charge in [0.25, 0.3) is 5.91 Å². The normalized spacial score (nSPS) is 17.4. The maximum Gasteiger partial charge on any atom is 0.338 e. The second kappa shape index (κ2) is 10.7. The molecule has 0 saturated carbocycles.